The van der Waals surface area contributed by atoms with Crippen LogP contribution in [0.4, 0.5) is 5.69 Å². The highest BCUT2D eigenvalue weighted by atomic mass is 32.2. The molecule has 2 aromatic carbocycles. The lowest BCUT2D eigenvalue weighted by atomic mass is 10.1. The number of para-hydroxylation sites is 1. The van der Waals surface area contributed by atoms with Crippen LogP contribution in [0, 0.1) is 0 Å². The van der Waals surface area contributed by atoms with Crippen molar-refractivity contribution in [1.82, 2.24) is 0 Å². The van der Waals surface area contributed by atoms with Gasteiger partial charge in [0.25, 0.3) is 0 Å². The van der Waals surface area contributed by atoms with Crippen LogP contribution in [0.5, 0.6) is 5.75 Å². The zero-order valence-corrected chi connectivity index (χ0v) is 14.7. The number of amides is 1. The maximum atomic E-state index is 12.0. The molecule has 2 aromatic rings. The fraction of sp³-hybridized carbons (Fsp3) is 0.263. The van der Waals surface area contributed by atoms with Crippen LogP contribution >= 0.6 is 11.8 Å². The van der Waals surface area contributed by atoms with Gasteiger partial charge in [0.15, 0.2) is 5.78 Å². The highest BCUT2D eigenvalue weighted by molar-refractivity contribution is 7.99. The second kappa shape index (κ2) is 9.13. The Balaban J connectivity index is 1.94. The van der Waals surface area contributed by atoms with Crippen LogP contribution in [0.3, 0.4) is 0 Å². The van der Waals surface area contributed by atoms with Gasteiger partial charge in [-0.05, 0) is 44.2 Å². The summed E-state index contributed by atoms with van der Waals surface area (Å²) in [6.07, 6.45) is 0. The third kappa shape index (κ3) is 5.42. The molecule has 0 bridgehead atoms. The summed E-state index contributed by atoms with van der Waals surface area (Å²) in [7, 11) is 0. The van der Waals surface area contributed by atoms with Crippen LogP contribution in [0.15, 0.2) is 48.5 Å². The van der Waals surface area contributed by atoms with Gasteiger partial charge < -0.3 is 10.1 Å². The zero-order chi connectivity index (χ0) is 17.4. The minimum Gasteiger partial charge on any atom is -0.494 e. The van der Waals surface area contributed by atoms with Gasteiger partial charge in [-0.25, -0.2) is 0 Å². The number of Topliss-reactive ketones (excluding diaryl/α,β-unsaturated/α-hetero) is 1. The number of nitrogens with one attached hydrogen (secondary N) is 1. The molecule has 126 valence electrons. The lowest BCUT2D eigenvalue weighted by Gasteiger charge is -2.11. The Labute approximate surface area is 146 Å². The molecule has 1 N–H and O–H groups in total. The second-order valence-electron chi connectivity index (χ2n) is 5.22. The van der Waals surface area contributed by atoms with Crippen LogP contribution in [0.25, 0.3) is 0 Å². The predicted octanol–water partition coefficient (Wildman–Crippen LogP) is 4.16. The standard InChI is InChI=1S/C19H21NO3S/c1-3-23-18-10-9-15(14(2)21)11-16(18)12-24-13-19(22)20-17-7-5-4-6-8-17/h4-11H,3,12-13H2,1-2H3,(H,20,22). The average molecular weight is 343 g/mol. The van der Waals surface area contributed by atoms with Crippen molar-refractivity contribution in [2.75, 3.05) is 17.7 Å². The van der Waals surface area contributed by atoms with Gasteiger partial charge in [0, 0.05) is 22.6 Å². The highest BCUT2D eigenvalue weighted by Gasteiger charge is 2.09. The van der Waals surface area contributed by atoms with Gasteiger partial charge in [-0.15, -0.1) is 11.8 Å². The summed E-state index contributed by atoms with van der Waals surface area (Å²) < 4.78 is 5.60. The molecule has 0 fully saturated rings. The molecule has 0 atom stereocenters. The van der Waals surface area contributed by atoms with Crippen molar-refractivity contribution in [2.24, 2.45) is 0 Å². The first-order chi connectivity index (χ1) is 11.6. The van der Waals surface area contributed by atoms with Crippen molar-refractivity contribution in [1.29, 1.82) is 0 Å². The van der Waals surface area contributed by atoms with E-state index in [4.69, 9.17) is 4.74 Å². The third-order valence-corrected chi connectivity index (χ3v) is 4.30. The summed E-state index contributed by atoms with van der Waals surface area (Å²) in [5.74, 6) is 1.68. The predicted molar refractivity (Wildman–Crippen MR) is 98.8 cm³/mol. The zero-order valence-electron chi connectivity index (χ0n) is 13.9. The van der Waals surface area contributed by atoms with Gasteiger partial charge in [0.1, 0.15) is 5.75 Å². The van der Waals surface area contributed by atoms with E-state index in [1.807, 2.05) is 49.4 Å². The molecule has 0 aliphatic carbocycles. The van der Waals surface area contributed by atoms with Gasteiger partial charge in [-0.1, -0.05) is 18.2 Å². The maximum absolute atomic E-state index is 12.0. The van der Waals surface area contributed by atoms with Crippen molar-refractivity contribution in [3.63, 3.8) is 0 Å². The summed E-state index contributed by atoms with van der Waals surface area (Å²) in [5.41, 5.74) is 2.38. The Morgan fingerprint density at radius 3 is 2.54 bits per heavy atom. The van der Waals surface area contributed by atoms with E-state index in [1.165, 1.54) is 11.8 Å². The van der Waals surface area contributed by atoms with Crippen molar-refractivity contribution >= 4 is 29.1 Å². The van der Waals surface area contributed by atoms with E-state index in [-0.39, 0.29) is 11.7 Å². The Morgan fingerprint density at radius 2 is 1.88 bits per heavy atom. The molecule has 1 amide bonds. The van der Waals surface area contributed by atoms with E-state index in [2.05, 4.69) is 5.32 Å². The van der Waals surface area contributed by atoms with E-state index >= 15 is 0 Å². The van der Waals surface area contributed by atoms with E-state index < -0.39 is 0 Å². The third-order valence-electron chi connectivity index (χ3n) is 3.32. The van der Waals surface area contributed by atoms with Crippen LogP contribution in [0.1, 0.15) is 29.8 Å². The number of carbonyl (C=O) groups is 2. The van der Waals surface area contributed by atoms with Gasteiger partial charge in [0.2, 0.25) is 5.91 Å². The van der Waals surface area contributed by atoms with E-state index in [9.17, 15) is 9.59 Å². The van der Waals surface area contributed by atoms with Crippen molar-refractivity contribution in [3.05, 3.63) is 59.7 Å². The van der Waals surface area contributed by atoms with Gasteiger partial charge >= 0.3 is 0 Å². The lowest BCUT2D eigenvalue weighted by molar-refractivity contribution is -0.113. The number of ketones is 1. The number of anilines is 1. The molecule has 0 aromatic heterocycles. The van der Waals surface area contributed by atoms with Crippen molar-refractivity contribution in [2.45, 2.75) is 19.6 Å². The summed E-state index contributed by atoms with van der Waals surface area (Å²) in [4.78, 5) is 23.5. The number of hydrogen-bond donors (Lipinski definition) is 1. The molecule has 0 saturated heterocycles. The fourth-order valence-electron chi connectivity index (χ4n) is 2.18. The highest BCUT2D eigenvalue weighted by Crippen LogP contribution is 2.25. The summed E-state index contributed by atoms with van der Waals surface area (Å²) in [6.45, 7) is 4.02. The molecule has 0 heterocycles. The number of rotatable bonds is 8. The largest absolute Gasteiger partial charge is 0.494 e. The van der Waals surface area contributed by atoms with Crippen LogP contribution in [-0.4, -0.2) is 24.1 Å². The smallest absolute Gasteiger partial charge is 0.234 e. The van der Waals surface area contributed by atoms with E-state index in [0.717, 1.165) is 17.0 Å². The number of ether oxygens (including phenoxy) is 1. The molecule has 24 heavy (non-hydrogen) atoms. The van der Waals surface area contributed by atoms with Crippen molar-refractivity contribution < 1.29 is 14.3 Å². The van der Waals surface area contributed by atoms with Gasteiger partial charge in [-0.2, -0.15) is 0 Å². The molecule has 4 nitrogen and oxygen atoms in total. The summed E-state index contributed by atoms with van der Waals surface area (Å²) in [6, 6.07) is 14.8. The SMILES string of the molecule is CCOc1ccc(C(C)=O)cc1CSCC(=O)Nc1ccccc1. The summed E-state index contributed by atoms with van der Waals surface area (Å²) >= 11 is 1.49. The fourth-order valence-corrected chi connectivity index (χ4v) is 2.98. The topological polar surface area (TPSA) is 55.4 Å². The monoisotopic (exact) mass is 343 g/mol. The molecule has 0 unspecified atom stereocenters. The normalized spacial score (nSPS) is 10.2. The molecule has 5 heteroatoms. The molecule has 0 aliphatic rings. The quantitative estimate of drug-likeness (QED) is 0.731. The van der Waals surface area contributed by atoms with Crippen LogP contribution in [-0.2, 0) is 10.5 Å². The lowest BCUT2D eigenvalue weighted by Crippen LogP contribution is -2.14. The summed E-state index contributed by atoms with van der Waals surface area (Å²) in [5, 5.41) is 2.85. The molecular weight excluding hydrogens is 322 g/mol. The molecule has 0 spiro atoms. The minimum atomic E-state index is -0.0492. The minimum absolute atomic E-state index is 0.0196. The Bertz CT molecular complexity index is 701. The van der Waals surface area contributed by atoms with E-state index in [0.29, 0.717) is 23.7 Å². The molecule has 0 radical (unpaired) electrons. The second-order valence-corrected chi connectivity index (χ2v) is 6.20. The number of benzene rings is 2. The first-order valence-electron chi connectivity index (χ1n) is 7.79. The number of thioether (sulfide) groups is 1. The molecular formula is C19H21NO3S. The maximum Gasteiger partial charge on any atom is 0.234 e. The Kier molecular flexibility index (Phi) is 6.88. The molecule has 0 aliphatic heterocycles. The first-order valence-corrected chi connectivity index (χ1v) is 8.95. The number of carbonyl (C=O) groups excluding carboxylic acids is 2. The Morgan fingerprint density at radius 1 is 1.12 bits per heavy atom. The molecule has 2 rings (SSSR count). The van der Waals surface area contributed by atoms with Crippen molar-refractivity contribution in [3.8, 4) is 5.75 Å². The Hall–Kier alpha value is -2.27. The number of hydrogen-bond acceptors (Lipinski definition) is 4. The molecule has 0 saturated carbocycles. The van der Waals surface area contributed by atoms with Crippen LogP contribution in [0.2, 0.25) is 0 Å². The van der Waals surface area contributed by atoms with Gasteiger partial charge in [0.05, 0.1) is 12.4 Å². The van der Waals surface area contributed by atoms with Gasteiger partial charge in [-0.3, -0.25) is 9.59 Å². The van der Waals surface area contributed by atoms with E-state index in [1.54, 1.807) is 13.0 Å². The van der Waals surface area contributed by atoms with Crippen LogP contribution < -0.4 is 10.1 Å². The first kappa shape index (κ1) is 18.1. The average Bonchev–Trinajstić information content (AvgIpc) is 2.57.